The van der Waals surface area contributed by atoms with Crippen LogP contribution < -0.4 is 0 Å². The van der Waals surface area contributed by atoms with Crippen molar-refractivity contribution in [3.63, 3.8) is 0 Å². The van der Waals surface area contributed by atoms with Gasteiger partial charge in [-0.15, -0.1) is 0 Å². The van der Waals surface area contributed by atoms with Gasteiger partial charge >= 0.3 is 0 Å². The molecule has 0 amide bonds. The molecule has 1 aliphatic heterocycles. The Bertz CT molecular complexity index is 371. The Labute approximate surface area is 122 Å². The highest BCUT2D eigenvalue weighted by molar-refractivity contribution is 14.1. The quantitative estimate of drug-likeness (QED) is 0.646. The van der Waals surface area contributed by atoms with Gasteiger partial charge in [-0.1, -0.05) is 6.07 Å². The molecule has 1 N–H and O–H groups in total. The van der Waals surface area contributed by atoms with Gasteiger partial charge in [0.25, 0.3) is 0 Å². The number of nitrogens with zero attached hydrogens (tertiary/aromatic N) is 3. The van der Waals surface area contributed by atoms with Crippen molar-refractivity contribution in [3.05, 3.63) is 27.6 Å². The molecule has 1 aromatic rings. The molecule has 4 nitrogen and oxygen atoms in total. The van der Waals surface area contributed by atoms with E-state index in [1.54, 1.807) is 0 Å². The van der Waals surface area contributed by atoms with Crippen molar-refractivity contribution in [3.8, 4) is 0 Å². The third-order valence-electron chi connectivity index (χ3n) is 3.43. The van der Waals surface area contributed by atoms with Gasteiger partial charge in [0.2, 0.25) is 0 Å². The molecule has 0 bridgehead atoms. The molecule has 0 aliphatic carbocycles. The van der Waals surface area contributed by atoms with Crippen LogP contribution >= 0.6 is 22.6 Å². The van der Waals surface area contributed by atoms with Crippen molar-refractivity contribution in [2.24, 2.45) is 0 Å². The number of pyridine rings is 1. The number of piperazine rings is 1. The van der Waals surface area contributed by atoms with E-state index in [1.807, 2.05) is 6.20 Å². The number of halogens is 1. The number of aliphatic hydroxyl groups is 1. The first-order chi connectivity index (χ1) is 8.69. The summed E-state index contributed by atoms with van der Waals surface area (Å²) in [6.07, 6.45) is 1.96. The smallest absolute Gasteiger partial charge is 0.101 e. The summed E-state index contributed by atoms with van der Waals surface area (Å²) in [6, 6.07) is 4.73. The van der Waals surface area contributed by atoms with Gasteiger partial charge < -0.3 is 5.11 Å². The summed E-state index contributed by atoms with van der Waals surface area (Å²) in [5.74, 6) is 0. The summed E-state index contributed by atoms with van der Waals surface area (Å²) in [5, 5.41) is 9.00. The van der Waals surface area contributed by atoms with E-state index in [-0.39, 0.29) is 6.61 Å². The first kappa shape index (κ1) is 14.2. The minimum atomic E-state index is 0.255. The lowest BCUT2D eigenvalue weighted by atomic mass is 10.1. The van der Waals surface area contributed by atoms with Crippen LogP contribution in [0.25, 0.3) is 0 Å². The molecule has 1 atom stereocenters. The van der Waals surface area contributed by atoms with Crippen molar-refractivity contribution in [1.82, 2.24) is 14.8 Å². The lowest BCUT2D eigenvalue weighted by Crippen LogP contribution is -2.52. The largest absolute Gasteiger partial charge is 0.395 e. The second-order valence-corrected chi connectivity index (χ2v) is 5.94. The zero-order valence-corrected chi connectivity index (χ0v) is 12.9. The minimum absolute atomic E-state index is 0.255. The molecule has 0 saturated carbocycles. The topological polar surface area (TPSA) is 39.6 Å². The van der Waals surface area contributed by atoms with Crippen molar-refractivity contribution < 1.29 is 5.11 Å². The predicted octanol–water partition coefficient (Wildman–Crippen LogP) is 1.18. The number of rotatable bonds is 4. The lowest BCUT2D eigenvalue weighted by molar-refractivity contribution is 0.0647. The summed E-state index contributed by atoms with van der Waals surface area (Å²) < 4.78 is 1.04. The second kappa shape index (κ2) is 6.79. The van der Waals surface area contributed by atoms with E-state index in [1.165, 1.54) is 5.56 Å². The van der Waals surface area contributed by atoms with E-state index >= 15 is 0 Å². The van der Waals surface area contributed by atoms with Crippen molar-refractivity contribution >= 4 is 22.6 Å². The Morgan fingerprint density at radius 2 is 2.28 bits per heavy atom. The fourth-order valence-electron chi connectivity index (χ4n) is 2.43. The molecule has 2 rings (SSSR count). The Morgan fingerprint density at radius 3 is 2.89 bits per heavy atom. The summed E-state index contributed by atoms with van der Waals surface area (Å²) in [4.78, 5) is 9.14. The zero-order valence-electron chi connectivity index (χ0n) is 10.7. The van der Waals surface area contributed by atoms with Crippen LogP contribution in [-0.2, 0) is 6.54 Å². The third-order valence-corrected chi connectivity index (χ3v) is 4.07. The van der Waals surface area contributed by atoms with Crippen LogP contribution in [0.4, 0.5) is 0 Å². The normalized spacial score (nSPS) is 22.3. The van der Waals surface area contributed by atoms with Crippen LogP contribution in [0.15, 0.2) is 18.3 Å². The summed E-state index contributed by atoms with van der Waals surface area (Å²) in [7, 11) is 0. The molecule has 1 fully saturated rings. The predicted molar refractivity (Wildman–Crippen MR) is 80.4 cm³/mol. The monoisotopic (exact) mass is 361 g/mol. The summed E-state index contributed by atoms with van der Waals surface area (Å²) in [5.41, 5.74) is 1.28. The average molecular weight is 361 g/mol. The Morgan fingerprint density at radius 1 is 1.44 bits per heavy atom. The highest BCUT2D eigenvalue weighted by Crippen LogP contribution is 2.12. The second-order valence-electron chi connectivity index (χ2n) is 4.83. The first-order valence-corrected chi connectivity index (χ1v) is 7.44. The molecule has 0 radical (unpaired) electrons. The molecule has 0 spiro atoms. The molecule has 2 heterocycles. The molecule has 1 saturated heterocycles. The van der Waals surface area contributed by atoms with E-state index < -0.39 is 0 Å². The van der Waals surface area contributed by atoms with Crippen LogP contribution in [0.3, 0.4) is 0 Å². The molecule has 1 aliphatic rings. The number of aromatic nitrogens is 1. The summed E-state index contributed by atoms with van der Waals surface area (Å²) >= 11 is 2.23. The number of aliphatic hydroxyl groups excluding tert-OH is 1. The van der Waals surface area contributed by atoms with Gasteiger partial charge in [-0.3, -0.25) is 14.8 Å². The lowest BCUT2D eigenvalue weighted by Gasteiger charge is -2.39. The maximum atomic E-state index is 9.00. The van der Waals surface area contributed by atoms with Crippen LogP contribution in [-0.4, -0.2) is 58.7 Å². The fraction of sp³-hybridized carbons (Fsp3) is 0.615. The fourth-order valence-corrected chi connectivity index (χ4v) is 2.75. The van der Waals surface area contributed by atoms with Gasteiger partial charge in [0.05, 0.1) is 6.61 Å². The number of hydrogen-bond acceptors (Lipinski definition) is 4. The third kappa shape index (κ3) is 3.88. The Hall–Kier alpha value is -0.240. The number of hydrogen-bond donors (Lipinski definition) is 1. The van der Waals surface area contributed by atoms with E-state index in [9.17, 15) is 0 Å². The van der Waals surface area contributed by atoms with Crippen LogP contribution in [0, 0.1) is 3.70 Å². The van der Waals surface area contributed by atoms with E-state index in [2.05, 4.69) is 56.4 Å². The van der Waals surface area contributed by atoms with Crippen LogP contribution in [0.1, 0.15) is 12.5 Å². The molecule has 5 heteroatoms. The zero-order chi connectivity index (χ0) is 13.0. The minimum Gasteiger partial charge on any atom is -0.395 e. The van der Waals surface area contributed by atoms with Crippen molar-refractivity contribution in [1.29, 1.82) is 0 Å². The van der Waals surface area contributed by atoms with Gasteiger partial charge in [0.15, 0.2) is 0 Å². The highest BCUT2D eigenvalue weighted by atomic mass is 127. The Balaban J connectivity index is 1.87. The van der Waals surface area contributed by atoms with Gasteiger partial charge in [0, 0.05) is 45.0 Å². The molecular formula is C13H20IN3O. The average Bonchev–Trinajstić information content (AvgIpc) is 2.36. The van der Waals surface area contributed by atoms with Crippen LogP contribution in [0.5, 0.6) is 0 Å². The maximum absolute atomic E-state index is 9.00. The van der Waals surface area contributed by atoms with Crippen molar-refractivity contribution in [2.45, 2.75) is 19.5 Å². The molecule has 0 unspecified atom stereocenters. The number of β-amino-alcohol motifs (C(OH)–C–C–N with tert-alkyl or cyclic N) is 1. The summed E-state index contributed by atoms with van der Waals surface area (Å²) in [6.45, 7) is 7.42. The van der Waals surface area contributed by atoms with Gasteiger partial charge in [-0.25, -0.2) is 0 Å². The molecular weight excluding hydrogens is 341 g/mol. The molecule has 100 valence electrons. The van der Waals surface area contributed by atoms with Gasteiger partial charge in [-0.05, 0) is 41.1 Å². The highest BCUT2D eigenvalue weighted by Gasteiger charge is 2.22. The molecule has 18 heavy (non-hydrogen) atoms. The standard InChI is InChI=1S/C13H20IN3O/c1-11-9-16(4-5-17(11)6-7-18)10-12-2-3-13(14)15-8-12/h2-3,8,11,18H,4-7,9-10H2,1H3/t11-/m1/s1. The van der Waals surface area contributed by atoms with Gasteiger partial charge in [0.1, 0.15) is 3.70 Å². The Kier molecular flexibility index (Phi) is 5.35. The molecule has 0 aromatic carbocycles. The van der Waals surface area contributed by atoms with E-state index in [4.69, 9.17) is 5.11 Å². The van der Waals surface area contributed by atoms with Gasteiger partial charge in [-0.2, -0.15) is 0 Å². The molecule has 1 aromatic heterocycles. The van der Waals surface area contributed by atoms with Crippen molar-refractivity contribution in [2.75, 3.05) is 32.8 Å². The maximum Gasteiger partial charge on any atom is 0.101 e. The van der Waals surface area contributed by atoms with E-state index in [0.29, 0.717) is 6.04 Å². The van der Waals surface area contributed by atoms with Crippen LogP contribution in [0.2, 0.25) is 0 Å². The SMILES string of the molecule is C[C@@H]1CN(Cc2ccc(I)nc2)CCN1CCO. The van der Waals surface area contributed by atoms with E-state index in [0.717, 1.165) is 36.4 Å². The first-order valence-electron chi connectivity index (χ1n) is 6.36.